The van der Waals surface area contributed by atoms with E-state index in [1.165, 1.54) is 6.54 Å². The van der Waals surface area contributed by atoms with E-state index in [1.54, 1.807) is 0 Å². The fraction of sp³-hybridized carbons (Fsp3) is 1.00. The van der Waals surface area contributed by atoms with Crippen LogP contribution in [0, 0.1) is 5.92 Å². The van der Waals surface area contributed by atoms with Gasteiger partial charge in [0.2, 0.25) is 0 Å². The monoisotopic (exact) mass is 129 g/mol. The van der Waals surface area contributed by atoms with Crippen molar-refractivity contribution in [3.05, 3.63) is 0 Å². The summed E-state index contributed by atoms with van der Waals surface area (Å²) in [6.07, 6.45) is 0. The minimum absolute atomic E-state index is 0.815. The van der Waals surface area contributed by atoms with E-state index in [0.717, 1.165) is 25.7 Å². The van der Waals surface area contributed by atoms with Crippen LogP contribution in [0.25, 0.3) is 0 Å². The zero-order valence-electron chi connectivity index (χ0n) is 6.26. The zero-order chi connectivity index (χ0) is 6.69. The minimum atomic E-state index is 0.815. The average Bonchev–Trinajstić information content (AvgIpc) is 1.78. The molecule has 9 heavy (non-hydrogen) atoms. The molecule has 0 aromatic rings. The third-order valence-electron chi connectivity index (χ3n) is 1.82. The Kier molecular flexibility index (Phi) is 2.49. The maximum atomic E-state index is 5.05. The van der Waals surface area contributed by atoms with Crippen molar-refractivity contribution in [2.75, 3.05) is 33.4 Å². The van der Waals surface area contributed by atoms with Gasteiger partial charge in [-0.05, 0) is 13.6 Å². The first-order chi connectivity index (χ1) is 4.33. The predicted octanol–water partition coefficient (Wildman–Crippen LogP) is 0.585. The second-order valence-electron chi connectivity index (χ2n) is 2.76. The Labute approximate surface area is 56.8 Å². The number of nitrogens with zero attached hydrogens (tertiary/aromatic N) is 1. The molecule has 0 saturated carbocycles. The summed E-state index contributed by atoms with van der Waals surface area (Å²) in [4.78, 5) is 2.33. The summed E-state index contributed by atoms with van der Waals surface area (Å²) in [6, 6.07) is 0. The fourth-order valence-electron chi connectivity index (χ4n) is 0.960. The predicted molar refractivity (Wildman–Crippen MR) is 37.5 cm³/mol. The molecule has 54 valence electrons. The highest BCUT2D eigenvalue weighted by atomic mass is 16.5. The van der Waals surface area contributed by atoms with E-state index in [1.807, 2.05) is 0 Å². The lowest BCUT2D eigenvalue weighted by atomic mass is 10.1. The van der Waals surface area contributed by atoms with Crippen molar-refractivity contribution in [1.82, 2.24) is 4.90 Å². The summed E-state index contributed by atoms with van der Waals surface area (Å²) in [5, 5.41) is 0. The van der Waals surface area contributed by atoms with Gasteiger partial charge in [0.25, 0.3) is 0 Å². The van der Waals surface area contributed by atoms with Gasteiger partial charge in [0.1, 0.15) is 0 Å². The van der Waals surface area contributed by atoms with E-state index in [-0.39, 0.29) is 0 Å². The van der Waals surface area contributed by atoms with Gasteiger partial charge in [0, 0.05) is 12.5 Å². The van der Waals surface area contributed by atoms with Gasteiger partial charge in [-0.1, -0.05) is 6.92 Å². The van der Waals surface area contributed by atoms with Gasteiger partial charge in [-0.25, -0.2) is 0 Å². The molecule has 1 saturated heterocycles. The Morgan fingerprint density at radius 3 is 2.56 bits per heavy atom. The third kappa shape index (κ3) is 1.95. The largest absolute Gasteiger partial charge is 0.381 e. The lowest BCUT2D eigenvalue weighted by molar-refractivity contribution is -0.0431. The van der Waals surface area contributed by atoms with E-state index in [9.17, 15) is 0 Å². The molecule has 1 heterocycles. The van der Waals surface area contributed by atoms with Gasteiger partial charge >= 0.3 is 0 Å². The molecule has 1 fully saturated rings. The zero-order valence-corrected chi connectivity index (χ0v) is 6.26. The van der Waals surface area contributed by atoms with Crippen LogP contribution in [0.2, 0.25) is 0 Å². The van der Waals surface area contributed by atoms with Gasteiger partial charge in [0.15, 0.2) is 0 Å². The van der Waals surface area contributed by atoms with E-state index in [0.29, 0.717) is 0 Å². The topological polar surface area (TPSA) is 12.5 Å². The van der Waals surface area contributed by atoms with Gasteiger partial charge in [-0.3, -0.25) is 0 Å². The SMILES string of the molecule is CCN(C)CC1COC1. The molecule has 1 aliphatic heterocycles. The highest BCUT2D eigenvalue weighted by molar-refractivity contribution is 4.68. The van der Waals surface area contributed by atoms with Crippen LogP contribution >= 0.6 is 0 Å². The molecular formula is C7H15NO. The van der Waals surface area contributed by atoms with Gasteiger partial charge in [0.05, 0.1) is 13.2 Å². The molecule has 0 amide bonds. The first-order valence-electron chi connectivity index (χ1n) is 3.59. The first kappa shape index (κ1) is 7.03. The lowest BCUT2D eigenvalue weighted by Crippen LogP contribution is -2.37. The summed E-state index contributed by atoms with van der Waals surface area (Å²) < 4.78 is 5.05. The van der Waals surface area contributed by atoms with E-state index >= 15 is 0 Å². The first-order valence-corrected chi connectivity index (χ1v) is 3.59. The third-order valence-corrected chi connectivity index (χ3v) is 1.82. The van der Waals surface area contributed by atoms with Crippen molar-refractivity contribution in [2.45, 2.75) is 6.92 Å². The molecule has 2 heteroatoms. The maximum absolute atomic E-state index is 5.05. The van der Waals surface area contributed by atoms with Crippen LogP contribution in [-0.2, 0) is 4.74 Å². The standard InChI is InChI=1S/C7H15NO/c1-3-8(2)4-7-5-9-6-7/h7H,3-6H2,1-2H3. The summed E-state index contributed by atoms with van der Waals surface area (Å²) in [5.41, 5.74) is 0. The van der Waals surface area contributed by atoms with Crippen LogP contribution in [-0.4, -0.2) is 38.3 Å². The molecular weight excluding hydrogens is 114 g/mol. The van der Waals surface area contributed by atoms with Crippen molar-refractivity contribution < 1.29 is 4.74 Å². The van der Waals surface area contributed by atoms with E-state index < -0.39 is 0 Å². The Bertz CT molecular complexity index is 78.2. The quantitative estimate of drug-likeness (QED) is 0.553. The van der Waals surface area contributed by atoms with Crippen LogP contribution in [0.1, 0.15) is 6.92 Å². The smallest absolute Gasteiger partial charge is 0.0528 e. The van der Waals surface area contributed by atoms with Crippen LogP contribution in [0.15, 0.2) is 0 Å². The molecule has 0 aromatic heterocycles. The van der Waals surface area contributed by atoms with E-state index in [4.69, 9.17) is 4.74 Å². The summed E-state index contributed by atoms with van der Waals surface area (Å²) in [7, 11) is 2.15. The van der Waals surface area contributed by atoms with Crippen molar-refractivity contribution in [2.24, 2.45) is 5.92 Å². The molecule has 0 bridgehead atoms. The normalized spacial score (nSPS) is 20.3. The van der Waals surface area contributed by atoms with Crippen molar-refractivity contribution in [3.8, 4) is 0 Å². The molecule has 0 atom stereocenters. The molecule has 1 aliphatic rings. The Morgan fingerprint density at radius 1 is 1.56 bits per heavy atom. The number of hydrogen-bond acceptors (Lipinski definition) is 2. The minimum Gasteiger partial charge on any atom is -0.381 e. The Hall–Kier alpha value is -0.0800. The Morgan fingerprint density at radius 2 is 2.22 bits per heavy atom. The van der Waals surface area contributed by atoms with Crippen molar-refractivity contribution in [3.63, 3.8) is 0 Å². The second kappa shape index (κ2) is 3.18. The van der Waals surface area contributed by atoms with Gasteiger partial charge < -0.3 is 9.64 Å². The summed E-state index contributed by atoms with van der Waals surface area (Å²) in [6.45, 7) is 6.49. The average molecular weight is 129 g/mol. The molecule has 1 rings (SSSR count). The molecule has 0 spiro atoms. The van der Waals surface area contributed by atoms with Crippen LogP contribution in [0.5, 0.6) is 0 Å². The van der Waals surface area contributed by atoms with Crippen LogP contribution < -0.4 is 0 Å². The fourth-order valence-corrected chi connectivity index (χ4v) is 0.960. The van der Waals surface area contributed by atoms with Crippen molar-refractivity contribution in [1.29, 1.82) is 0 Å². The number of ether oxygens (including phenoxy) is 1. The van der Waals surface area contributed by atoms with Gasteiger partial charge in [-0.2, -0.15) is 0 Å². The summed E-state index contributed by atoms with van der Waals surface area (Å²) in [5.74, 6) is 0.815. The van der Waals surface area contributed by atoms with E-state index in [2.05, 4.69) is 18.9 Å². The molecule has 0 N–H and O–H groups in total. The molecule has 0 aliphatic carbocycles. The van der Waals surface area contributed by atoms with Gasteiger partial charge in [-0.15, -0.1) is 0 Å². The van der Waals surface area contributed by atoms with Crippen LogP contribution in [0.3, 0.4) is 0 Å². The molecule has 0 unspecified atom stereocenters. The lowest BCUT2D eigenvalue weighted by Gasteiger charge is -2.29. The highest BCUT2D eigenvalue weighted by Gasteiger charge is 2.18. The number of rotatable bonds is 3. The maximum Gasteiger partial charge on any atom is 0.0528 e. The second-order valence-corrected chi connectivity index (χ2v) is 2.76. The summed E-state index contributed by atoms with van der Waals surface area (Å²) >= 11 is 0. The Balaban J connectivity index is 2.01. The van der Waals surface area contributed by atoms with Crippen LogP contribution in [0.4, 0.5) is 0 Å². The molecule has 2 nitrogen and oxygen atoms in total. The molecule has 0 aromatic carbocycles. The number of hydrogen-bond donors (Lipinski definition) is 0. The molecule has 0 radical (unpaired) electrons. The highest BCUT2D eigenvalue weighted by Crippen LogP contribution is 2.10. The van der Waals surface area contributed by atoms with Crippen molar-refractivity contribution >= 4 is 0 Å².